The lowest BCUT2D eigenvalue weighted by Crippen LogP contribution is -2.22. The monoisotopic (exact) mass is 166 g/mol. The van der Waals surface area contributed by atoms with E-state index in [9.17, 15) is 0 Å². The zero-order chi connectivity index (χ0) is 9.78. The molecule has 0 saturated carbocycles. The second kappa shape index (κ2) is 4.49. The highest BCUT2D eigenvalue weighted by atomic mass is 14.3. The van der Waals surface area contributed by atoms with Gasteiger partial charge in [0.2, 0.25) is 0 Å². The quantitative estimate of drug-likeness (QED) is 0.541. The zero-order valence-corrected chi connectivity index (χ0v) is 8.93. The van der Waals surface area contributed by atoms with Crippen molar-refractivity contribution in [1.82, 2.24) is 0 Å². The van der Waals surface area contributed by atoms with Crippen molar-refractivity contribution in [3.8, 4) is 0 Å². The first-order valence-electron chi connectivity index (χ1n) is 4.72. The number of rotatable bonds is 5. The van der Waals surface area contributed by atoms with E-state index in [2.05, 4.69) is 46.9 Å². The summed E-state index contributed by atoms with van der Waals surface area (Å²) in [5.74, 6) is 1.23. The van der Waals surface area contributed by atoms with Crippen molar-refractivity contribution in [1.29, 1.82) is 0 Å². The summed E-state index contributed by atoms with van der Waals surface area (Å²) in [7, 11) is 0. The molecule has 2 atom stereocenters. The summed E-state index contributed by atoms with van der Waals surface area (Å²) in [5.41, 5.74) is 0.258. The van der Waals surface area contributed by atoms with Crippen molar-refractivity contribution in [2.45, 2.75) is 34.1 Å². The largest absolute Gasteiger partial charge is 0.103 e. The molecule has 70 valence electrons. The van der Waals surface area contributed by atoms with Gasteiger partial charge in [-0.2, -0.15) is 0 Å². The molecule has 0 spiro atoms. The van der Waals surface area contributed by atoms with Crippen LogP contribution in [0, 0.1) is 17.3 Å². The number of hydrogen-bond acceptors (Lipinski definition) is 0. The topological polar surface area (TPSA) is 0 Å². The average Bonchev–Trinajstić information content (AvgIpc) is 2.03. The van der Waals surface area contributed by atoms with E-state index in [1.54, 1.807) is 0 Å². The van der Waals surface area contributed by atoms with Gasteiger partial charge in [-0.25, -0.2) is 0 Å². The SMILES string of the molecule is C=CC(C)CC(C)(C=C)C(C)C. The standard InChI is InChI=1S/C12H22/c1-7-11(5)9-12(6,8-2)10(3)4/h7-8,10-11H,1-2,9H2,3-6H3. The molecular formula is C12H22. The third-order valence-corrected chi connectivity index (χ3v) is 2.95. The zero-order valence-electron chi connectivity index (χ0n) is 8.93. The Morgan fingerprint density at radius 1 is 1.25 bits per heavy atom. The first-order valence-corrected chi connectivity index (χ1v) is 4.72. The Hall–Kier alpha value is -0.520. The van der Waals surface area contributed by atoms with Crippen LogP contribution in [0.25, 0.3) is 0 Å². The molecule has 0 aliphatic rings. The van der Waals surface area contributed by atoms with Crippen LogP contribution in [0.5, 0.6) is 0 Å². The van der Waals surface area contributed by atoms with Crippen LogP contribution in [0.2, 0.25) is 0 Å². The van der Waals surface area contributed by atoms with Gasteiger partial charge >= 0.3 is 0 Å². The molecule has 0 fully saturated rings. The number of hydrogen-bond donors (Lipinski definition) is 0. The predicted molar refractivity (Wildman–Crippen MR) is 57.1 cm³/mol. The molecule has 0 aromatic rings. The summed E-state index contributed by atoms with van der Waals surface area (Å²) < 4.78 is 0. The molecule has 2 unspecified atom stereocenters. The second-order valence-corrected chi connectivity index (χ2v) is 4.28. The van der Waals surface area contributed by atoms with Crippen LogP contribution in [0.3, 0.4) is 0 Å². The molecule has 0 aromatic heterocycles. The van der Waals surface area contributed by atoms with Gasteiger partial charge in [-0.05, 0) is 23.7 Å². The van der Waals surface area contributed by atoms with E-state index in [1.807, 2.05) is 6.08 Å². The number of allylic oxidation sites excluding steroid dienone is 2. The molecule has 0 bridgehead atoms. The van der Waals surface area contributed by atoms with Gasteiger partial charge in [0.05, 0.1) is 0 Å². The van der Waals surface area contributed by atoms with E-state index in [1.165, 1.54) is 0 Å². The van der Waals surface area contributed by atoms with E-state index >= 15 is 0 Å². The lowest BCUT2D eigenvalue weighted by Gasteiger charge is -2.32. The summed E-state index contributed by atoms with van der Waals surface area (Å²) in [4.78, 5) is 0. The lowest BCUT2D eigenvalue weighted by atomic mass is 9.73. The molecule has 0 N–H and O–H groups in total. The minimum atomic E-state index is 0.258. The summed E-state index contributed by atoms with van der Waals surface area (Å²) in [6.07, 6.45) is 5.25. The molecule has 0 amide bonds. The molecule has 0 rings (SSSR count). The van der Waals surface area contributed by atoms with Crippen LogP contribution in [0.4, 0.5) is 0 Å². The fourth-order valence-electron chi connectivity index (χ4n) is 1.33. The predicted octanol–water partition coefficient (Wildman–Crippen LogP) is 4.05. The minimum absolute atomic E-state index is 0.258. The van der Waals surface area contributed by atoms with Gasteiger partial charge in [0.15, 0.2) is 0 Å². The molecule has 0 aromatic carbocycles. The highest BCUT2D eigenvalue weighted by molar-refractivity contribution is 4.96. The molecular weight excluding hydrogens is 144 g/mol. The Kier molecular flexibility index (Phi) is 4.30. The second-order valence-electron chi connectivity index (χ2n) is 4.28. The van der Waals surface area contributed by atoms with E-state index in [0.29, 0.717) is 11.8 Å². The van der Waals surface area contributed by atoms with Gasteiger partial charge in [-0.1, -0.05) is 39.8 Å². The fourth-order valence-corrected chi connectivity index (χ4v) is 1.33. The molecule has 0 saturated heterocycles. The van der Waals surface area contributed by atoms with Gasteiger partial charge in [0.25, 0.3) is 0 Å². The Morgan fingerprint density at radius 3 is 2.00 bits per heavy atom. The smallest absolute Gasteiger partial charge is 0.0121 e. The first-order chi connectivity index (χ1) is 5.46. The van der Waals surface area contributed by atoms with E-state index in [0.717, 1.165) is 6.42 Å². The summed E-state index contributed by atoms with van der Waals surface area (Å²) in [5, 5.41) is 0. The first kappa shape index (κ1) is 11.5. The highest BCUT2D eigenvalue weighted by Crippen LogP contribution is 2.35. The molecule has 0 nitrogen and oxygen atoms in total. The van der Waals surface area contributed by atoms with E-state index in [-0.39, 0.29) is 5.41 Å². The van der Waals surface area contributed by atoms with Gasteiger partial charge in [-0.3, -0.25) is 0 Å². The third-order valence-electron chi connectivity index (χ3n) is 2.95. The molecule has 0 heteroatoms. The molecule has 0 aliphatic carbocycles. The van der Waals surface area contributed by atoms with Crippen LogP contribution in [-0.4, -0.2) is 0 Å². The van der Waals surface area contributed by atoms with Crippen LogP contribution >= 0.6 is 0 Å². The molecule has 0 heterocycles. The van der Waals surface area contributed by atoms with Gasteiger partial charge in [0, 0.05) is 0 Å². The Morgan fingerprint density at radius 2 is 1.75 bits per heavy atom. The molecule has 12 heavy (non-hydrogen) atoms. The molecule has 0 aliphatic heterocycles. The van der Waals surface area contributed by atoms with Crippen molar-refractivity contribution in [2.24, 2.45) is 17.3 Å². The normalized spacial score (nSPS) is 18.4. The van der Waals surface area contributed by atoms with Crippen molar-refractivity contribution in [3.05, 3.63) is 25.3 Å². The average molecular weight is 166 g/mol. The Labute approximate surface area is 77.4 Å². The third kappa shape index (κ3) is 2.84. The van der Waals surface area contributed by atoms with E-state index < -0.39 is 0 Å². The van der Waals surface area contributed by atoms with Gasteiger partial charge in [-0.15, -0.1) is 13.2 Å². The lowest BCUT2D eigenvalue weighted by molar-refractivity contribution is 0.251. The minimum Gasteiger partial charge on any atom is -0.103 e. The van der Waals surface area contributed by atoms with Crippen LogP contribution in [-0.2, 0) is 0 Å². The van der Waals surface area contributed by atoms with Gasteiger partial charge in [0.1, 0.15) is 0 Å². The van der Waals surface area contributed by atoms with Crippen LogP contribution in [0.15, 0.2) is 25.3 Å². The maximum Gasteiger partial charge on any atom is -0.0121 e. The maximum absolute atomic E-state index is 3.91. The maximum atomic E-state index is 3.91. The summed E-state index contributed by atoms with van der Waals surface area (Å²) in [6.45, 7) is 16.7. The fraction of sp³-hybridized carbons (Fsp3) is 0.667. The van der Waals surface area contributed by atoms with Gasteiger partial charge < -0.3 is 0 Å². The van der Waals surface area contributed by atoms with Crippen molar-refractivity contribution >= 4 is 0 Å². The van der Waals surface area contributed by atoms with Crippen molar-refractivity contribution in [3.63, 3.8) is 0 Å². The highest BCUT2D eigenvalue weighted by Gasteiger charge is 2.25. The van der Waals surface area contributed by atoms with Crippen molar-refractivity contribution < 1.29 is 0 Å². The van der Waals surface area contributed by atoms with E-state index in [4.69, 9.17) is 0 Å². The van der Waals surface area contributed by atoms with Crippen LogP contribution < -0.4 is 0 Å². The van der Waals surface area contributed by atoms with Crippen LogP contribution in [0.1, 0.15) is 34.1 Å². The summed E-state index contributed by atoms with van der Waals surface area (Å²) >= 11 is 0. The molecule has 0 radical (unpaired) electrons. The Balaban J connectivity index is 4.33. The Bertz CT molecular complexity index is 155. The van der Waals surface area contributed by atoms with Crippen molar-refractivity contribution in [2.75, 3.05) is 0 Å². The summed E-state index contributed by atoms with van der Waals surface area (Å²) in [6, 6.07) is 0.